The van der Waals surface area contributed by atoms with Crippen LogP contribution in [0.3, 0.4) is 0 Å². The number of halogens is 1. The molecule has 0 aliphatic rings. The number of carbonyl (C=O) groups is 1. The van der Waals surface area contributed by atoms with Crippen LogP contribution < -0.4 is 4.80 Å². The molecule has 0 bridgehead atoms. The van der Waals surface area contributed by atoms with E-state index in [4.69, 9.17) is 11.6 Å². The standard InChI is InChI=1S/C19H17ClN2OS/c1-3-22-17(14-7-5-4-6-8-14)13(2)24-19(22)21-18(23)15-9-11-16(20)12-10-15/h4-12H,3H2,1-2H3. The minimum atomic E-state index is -0.255. The van der Waals surface area contributed by atoms with Gasteiger partial charge in [0.25, 0.3) is 5.91 Å². The average molecular weight is 357 g/mol. The van der Waals surface area contributed by atoms with Gasteiger partial charge in [0.1, 0.15) is 0 Å². The summed E-state index contributed by atoms with van der Waals surface area (Å²) in [4.78, 5) is 18.6. The molecule has 0 saturated carbocycles. The van der Waals surface area contributed by atoms with Crippen molar-refractivity contribution in [3.8, 4) is 11.3 Å². The van der Waals surface area contributed by atoms with E-state index in [-0.39, 0.29) is 5.91 Å². The van der Waals surface area contributed by atoms with Crippen molar-refractivity contribution in [2.45, 2.75) is 20.4 Å². The Morgan fingerprint density at radius 1 is 1.12 bits per heavy atom. The predicted molar refractivity (Wildman–Crippen MR) is 99.5 cm³/mol. The highest BCUT2D eigenvalue weighted by Crippen LogP contribution is 2.25. The van der Waals surface area contributed by atoms with E-state index in [1.54, 1.807) is 24.3 Å². The number of nitrogens with zero attached hydrogens (tertiary/aromatic N) is 2. The molecule has 1 amide bonds. The van der Waals surface area contributed by atoms with Crippen LogP contribution in [0, 0.1) is 6.92 Å². The van der Waals surface area contributed by atoms with Crippen LogP contribution in [0.5, 0.6) is 0 Å². The van der Waals surface area contributed by atoms with Crippen molar-refractivity contribution in [1.82, 2.24) is 4.57 Å². The van der Waals surface area contributed by atoms with Gasteiger partial charge < -0.3 is 4.57 Å². The van der Waals surface area contributed by atoms with Gasteiger partial charge in [0.05, 0.1) is 5.69 Å². The molecule has 0 unspecified atom stereocenters. The molecule has 0 atom stereocenters. The number of amides is 1. The second kappa shape index (κ2) is 7.16. The lowest BCUT2D eigenvalue weighted by atomic mass is 10.1. The molecule has 0 fully saturated rings. The fraction of sp³-hybridized carbons (Fsp3) is 0.158. The molecular formula is C19H17ClN2OS. The summed E-state index contributed by atoms with van der Waals surface area (Å²) < 4.78 is 2.09. The zero-order valence-electron chi connectivity index (χ0n) is 13.5. The van der Waals surface area contributed by atoms with Crippen LogP contribution in [0.1, 0.15) is 22.2 Å². The van der Waals surface area contributed by atoms with Gasteiger partial charge >= 0.3 is 0 Å². The van der Waals surface area contributed by atoms with Gasteiger partial charge in [-0.05, 0) is 43.7 Å². The first-order chi connectivity index (χ1) is 11.6. The molecule has 0 N–H and O–H groups in total. The summed E-state index contributed by atoms with van der Waals surface area (Å²) in [5.41, 5.74) is 2.79. The number of benzene rings is 2. The molecule has 24 heavy (non-hydrogen) atoms. The molecule has 3 rings (SSSR count). The Labute approximate surface area is 149 Å². The summed E-state index contributed by atoms with van der Waals surface area (Å²) >= 11 is 7.41. The van der Waals surface area contributed by atoms with Gasteiger partial charge in [0.15, 0.2) is 4.80 Å². The van der Waals surface area contributed by atoms with Crippen molar-refractivity contribution in [3.63, 3.8) is 0 Å². The Kier molecular flexibility index (Phi) is 4.97. The smallest absolute Gasteiger partial charge is 0.279 e. The van der Waals surface area contributed by atoms with Crippen LogP contribution in [0.2, 0.25) is 5.02 Å². The number of thiazole rings is 1. The number of hydrogen-bond donors (Lipinski definition) is 0. The second-order valence-corrected chi connectivity index (χ2v) is 6.94. The molecule has 0 aliphatic heterocycles. The van der Waals surface area contributed by atoms with Crippen LogP contribution in [-0.4, -0.2) is 10.5 Å². The maximum Gasteiger partial charge on any atom is 0.279 e. The lowest BCUT2D eigenvalue weighted by Crippen LogP contribution is -2.17. The molecule has 3 nitrogen and oxygen atoms in total. The Balaban J connectivity index is 2.09. The molecule has 0 saturated heterocycles. The summed E-state index contributed by atoms with van der Waals surface area (Å²) in [5.74, 6) is -0.255. The van der Waals surface area contributed by atoms with Gasteiger partial charge in [-0.2, -0.15) is 4.99 Å². The number of hydrogen-bond acceptors (Lipinski definition) is 2. The molecule has 0 spiro atoms. The molecule has 5 heteroatoms. The first-order valence-corrected chi connectivity index (χ1v) is 8.90. The van der Waals surface area contributed by atoms with Crippen molar-refractivity contribution < 1.29 is 4.79 Å². The molecule has 3 aromatic rings. The van der Waals surface area contributed by atoms with Crippen molar-refractivity contribution in [3.05, 3.63) is 74.9 Å². The summed E-state index contributed by atoms with van der Waals surface area (Å²) in [5, 5.41) is 0.605. The number of aromatic nitrogens is 1. The van der Waals surface area contributed by atoms with Crippen molar-refractivity contribution in [2.75, 3.05) is 0 Å². The van der Waals surface area contributed by atoms with E-state index < -0.39 is 0 Å². The second-order valence-electron chi connectivity index (χ2n) is 5.32. The Morgan fingerprint density at radius 3 is 2.42 bits per heavy atom. The lowest BCUT2D eigenvalue weighted by Gasteiger charge is -2.07. The minimum Gasteiger partial charge on any atom is -0.316 e. The predicted octanol–water partition coefficient (Wildman–Crippen LogP) is 4.94. The van der Waals surface area contributed by atoms with E-state index >= 15 is 0 Å². The molecular weight excluding hydrogens is 340 g/mol. The maximum atomic E-state index is 12.4. The monoisotopic (exact) mass is 356 g/mol. The molecule has 1 heterocycles. The normalized spacial score (nSPS) is 11.7. The summed E-state index contributed by atoms with van der Waals surface area (Å²) in [6.45, 7) is 4.87. The molecule has 1 aromatic heterocycles. The van der Waals surface area contributed by atoms with Gasteiger partial charge in [-0.25, -0.2) is 0 Å². The maximum absolute atomic E-state index is 12.4. The zero-order valence-corrected chi connectivity index (χ0v) is 15.1. The van der Waals surface area contributed by atoms with Crippen LogP contribution in [-0.2, 0) is 6.54 Å². The largest absolute Gasteiger partial charge is 0.316 e. The third-order valence-electron chi connectivity index (χ3n) is 3.73. The quantitative estimate of drug-likeness (QED) is 0.654. The van der Waals surface area contributed by atoms with Gasteiger partial charge in [-0.15, -0.1) is 11.3 Å². The molecule has 0 radical (unpaired) electrons. The summed E-state index contributed by atoms with van der Waals surface area (Å²) in [6.07, 6.45) is 0. The fourth-order valence-electron chi connectivity index (χ4n) is 2.60. The third kappa shape index (κ3) is 3.35. The molecule has 2 aromatic carbocycles. The van der Waals surface area contributed by atoms with Gasteiger partial charge in [-0.1, -0.05) is 41.9 Å². The van der Waals surface area contributed by atoms with E-state index in [0.717, 1.165) is 22.7 Å². The zero-order chi connectivity index (χ0) is 17.1. The third-order valence-corrected chi connectivity index (χ3v) is 4.98. The Hall–Kier alpha value is -2.17. The summed E-state index contributed by atoms with van der Waals surface area (Å²) in [7, 11) is 0. The van der Waals surface area contributed by atoms with Gasteiger partial charge in [-0.3, -0.25) is 4.79 Å². The highest BCUT2D eigenvalue weighted by Gasteiger charge is 2.12. The van der Waals surface area contributed by atoms with Crippen molar-refractivity contribution in [1.29, 1.82) is 0 Å². The van der Waals surface area contributed by atoms with Gasteiger partial charge in [0.2, 0.25) is 0 Å². The van der Waals surface area contributed by atoms with E-state index in [0.29, 0.717) is 15.4 Å². The highest BCUT2D eigenvalue weighted by molar-refractivity contribution is 7.09. The van der Waals surface area contributed by atoms with Crippen LogP contribution >= 0.6 is 22.9 Å². The van der Waals surface area contributed by atoms with Gasteiger partial charge in [0, 0.05) is 22.0 Å². The van der Waals surface area contributed by atoms with Crippen molar-refractivity contribution >= 4 is 28.8 Å². The Bertz CT molecular complexity index is 924. The first kappa shape index (κ1) is 16.7. The van der Waals surface area contributed by atoms with Crippen LogP contribution in [0.4, 0.5) is 0 Å². The molecule has 122 valence electrons. The number of aryl methyl sites for hydroxylation is 1. The topological polar surface area (TPSA) is 34.4 Å². The minimum absolute atomic E-state index is 0.255. The van der Waals surface area contributed by atoms with E-state index in [1.165, 1.54) is 11.3 Å². The van der Waals surface area contributed by atoms with E-state index in [2.05, 4.69) is 35.5 Å². The number of carbonyl (C=O) groups excluding carboxylic acids is 1. The number of rotatable bonds is 3. The SMILES string of the molecule is CCn1c(-c2ccccc2)c(C)sc1=NC(=O)c1ccc(Cl)cc1. The van der Waals surface area contributed by atoms with Crippen LogP contribution in [0.15, 0.2) is 59.6 Å². The highest BCUT2D eigenvalue weighted by atomic mass is 35.5. The van der Waals surface area contributed by atoms with Crippen LogP contribution in [0.25, 0.3) is 11.3 Å². The molecule has 0 aliphatic carbocycles. The Morgan fingerprint density at radius 2 is 1.79 bits per heavy atom. The average Bonchev–Trinajstić information content (AvgIpc) is 2.91. The van der Waals surface area contributed by atoms with E-state index in [1.807, 2.05) is 18.2 Å². The van der Waals surface area contributed by atoms with E-state index in [9.17, 15) is 4.79 Å². The summed E-state index contributed by atoms with van der Waals surface area (Å²) in [6, 6.07) is 17.0. The lowest BCUT2D eigenvalue weighted by molar-refractivity contribution is 0.0998. The fourth-order valence-corrected chi connectivity index (χ4v) is 3.79. The first-order valence-electron chi connectivity index (χ1n) is 7.70. The van der Waals surface area contributed by atoms with Crippen molar-refractivity contribution in [2.24, 2.45) is 4.99 Å².